The van der Waals surface area contributed by atoms with Crippen LogP contribution >= 0.6 is 12.4 Å². The Bertz CT molecular complexity index is 623. The number of aryl methyl sites for hydroxylation is 1. The van der Waals surface area contributed by atoms with Crippen LogP contribution < -0.4 is 16.4 Å². The Morgan fingerprint density at radius 3 is 2.46 bits per heavy atom. The van der Waals surface area contributed by atoms with Crippen molar-refractivity contribution in [2.45, 2.75) is 63.5 Å². The van der Waals surface area contributed by atoms with Gasteiger partial charge in [-0.15, -0.1) is 12.4 Å². The van der Waals surface area contributed by atoms with Crippen molar-refractivity contribution in [3.63, 3.8) is 0 Å². The standard InChI is InChI=1S/C18H25N3O2.ClH/c1-12-5-6-13(16(22)20-14-7-8-14)11-15(12)21-17(23)18(19)9-3-2-4-10-18;/h5-6,11,14H,2-4,7-10,19H2,1H3,(H,20,22)(H,21,23);1H. The Kier molecular flexibility index (Phi) is 5.88. The largest absolute Gasteiger partial charge is 0.349 e. The second-order valence-corrected chi connectivity index (χ2v) is 6.95. The molecule has 0 atom stereocenters. The Morgan fingerprint density at radius 2 is 1.83 bits per heavy atom. The minimum Gasteiger partial charge on any atom is -0.349 e. The van der Waals surface area contributed by atoms with Crippen molar-refractivity contribution >= 4 is 29.9 Å². The average Bonchev–Trinajstić information content (AvgIpc) is 3.34. The summed E-state index contributed by atoms with van der Waals surface area (Å²) in [7, 11) is 0. The van der Waals surface area contributed by atoms with Crippen LogP contribution in [0.25, 0.3) is 0 Å². The van der Waals surface area contributed by atoms with Crippen molar-refractivity contribution in [3.05, 3.63) is 29.3 Å². The lowest BCUT2D eigenvalue weighted by atomic mass is 9.82. The Balaban J connectivity index is 0.00000208. The molecule has 24 heavy (non-hydrogen) atoms. The fourth-order valence-electron chi connectivity index (χ4n) is 3.05. The number of benzene rings is 1. The molecule has 132 valence electrons. The summed E-state index contributed by atoms with van der Waals surface area (Å²) in [4.78, 5) is 24.7. The summed E-state index contributed by atoms with van der Waals surface area (Å²) in [5.41, 5.74) is 7.68. The zero-order valence-corrected chi connectivity index (χ0v) is 14.9. The molecular formula is C18H26ClN3O2. The van der Waals surface area contributed by atoms with Crippen LogP contribution in [-0.2, 0) is 4.79 Å². The van der Waals surface area contributed by atoms with Gasteiger partial charge in [-0.2, -0.15) is 0 Å². The second kappa shape index (κ2) is 7.53. The molecule has 2 amide bonds. The van der Waals surface area contributed by atoms with Crippen LogP contribution in [0.3, 0.4) is 0 Å². The van der Waals surface area contributed by atoms with Gasteiger partial charge in [0.25, 0.3) is 5.91 Å². The van der Waals surface area contributed by atoms with E-state index >= 15 is 0 Å². The molecule has 0 heterocycles. The normalized spacial score (nSPS) is 19.1. The highest BCUT2D eigenvalue weighted by Crippen LogP contribution is 2.28. The summed E-state index contributed by atoms with van der Waals surface area (Å²) < 4.78 is 0. The minimum atomic E-state index is -0.781. The van der Waals surface area contributed by atoms with Gasteiger partial charge in [-0.25, -0.2) is 0 Å². The highest BCUT2D eigenvalue weighted by Gasteiger charge is 2.35. The first kappa shape index (κ1) is 18.7. The smallest absolute Gasteiger partial charge is 0.251 e. The van der Waals surface area contributed by atoms with Crippen molar-refractivity contribution in [3.8, 4) is 0 Å². The van der Waals surface area contributed by atoms with Gasteiger partial charge < -0.3 is 16.4 Å². The second-order valence-electron chi connectivity index (χ2n) is 6.95. The predicted octanol–water partition coefficient (Wildman–Crippen LogP) is 2.91. The Hall–Kier alpha value is -1.59. The lowest BCUT2D eigenvalue weighted by molar-refractivity contribution is -0.122. The van der Waals surface area contributed by atoms with E-state index in [1.165, 1.54) is 0 Å². The molecule has 2 aliphatic rings. The highest BCUT2D eigenvalue weighted by molar-refractivity contribution is 6.01. The SMILES string of the molecule is Cc1ccc(C(=O)NC2CC2)cc1NC(=O)C1(N)CCCCC1.Cl. The molecule has 0 saturated heterocycles. The number of nitrogens with one attached hydrogen (secondary N) is 2. The summed E-state index contributed by atoms with van der Waals surface area (Å²) in [6.07, 6.45) is 6.68. The molecule has 6 heteroatoms. The van der Waals surface area contributed by atoms with Gasteiger partial charge >= 0.3 is 0 Å². The molecule has 1 aromatic carbocycles. The van der Waals surface area contributed by atoms with Gasteiger partial charge in [-0.05, 0) is 50.3 Å². The molecule has 0 aromatic heterocycles. The number of carbonyl (C=O) groups excluding carboxylic acids is 2. The molecule has 0 spiro atoms. The third-order valence-electron chi connectivity index (χ3n) is 4.86. The van der Waals surface area contributed by atoms with Gasteiger partial charge in [0.1, 0.15) is 0 Å². The van der Waals surface area contributed by atoms with Crippen molar-refractivity contribution in [2.75, 3.05) is 5.32 Å². The Morgan fingerprint density at radius 1 is 1.17 bits per heavy atom. The third-order valence-corrected chi connectivity index (χ3v) is 4.86. The van der Waals surface area contributed by atoms with Crippen LogP contribution in [0.1, 0.15) is 60.9 Å². The maximum Gasteiger partial charge on any atom is 0.251 e. The lowest BCUT2D eigenvalue weighted by Gasteiger charge is -2.32. The summed E-state index contributed by atoms with van der Waals surface area (Å²) in [5, 5.41) is 5.91. The quantitative estimate of drug-likeness (QED) is 0.779. The molecule has 1 aromatic rings. The first-order valence-corrected chi connectivity index (χ1v) is 8.50. The minimum absolute atomic E-state index is 0. The molecule has 0 radical (unpaired) electrons. The van der Waals surface area contributed by atoms with Crippen LogP contribution in [0.4, 0.5) is 5.69 Å². The molecule has 0 aliphatic heterocycles. The predicted molar refractivity (Wildman–Crippen MR) is 97.5 cm³/mol. The number of anilines is 1. The summed E-state index contributed by atoms with van der Waals surface area (Å²) in [6.45, 7) is 1.92. The number of hydrogen-bond donors (Lipinski definition) is 3. The average molecular weight is 352 g/mol. The molecule has 4 N–H and O–H groups in total. The maximum absolute atomic E-state index is 12.6. The third kappa shape index (κ3) is 4.28. The highest BCUT2D eigenvalue weighted by atomic mass is 35.5. The van der Waals surface area contributed by atoms with Gasteiger partial charge in [0, 0.05) is 17.3 Å². The molecule has 3 rings (SSSR count). The van der Waals surface area contributed by atoms with Crippen LogP contribution in [0.2, 0.25) is 0 Å². The van der Waals surface area contributed by atoms with Crippen molar-refractivity contribution in [2.24, 2.45) is 5.73 Å². The number of amides is 2. The molecular weight excluding hydrogens is 326 g/mol. The molecule has 5 nitrogen and oxygen atoms in total. The number of rotatable bonds is 4. The van der Waals surface area contributed by atoms with E-state index in [9.17, 15) is 9.59 Å². The van der Waals surface area contributed by atoms with E-state index in [4.69, 9.17) is 5.73 Å². The van der Waals surface area contributed by atoms with Gasteiger partial charge in [0.2, 0.25) is 5.91 Å². The van der Waals surface area contributed by atoms with E-state index in [1.807, 2.05) is 13.0 Å². The lowest BCUT2D eigenvalue weighted by Crippen LogP contribution is -2.52. The first-order chi connectivity index (χ1) is 11.0. The molecule has 0 bridgehead atoms. The molecule has 2 fully saturated rings. The summed E-state index contributed by atoms with van der Waals surface area (Å²) in [5.74, 6) is -0.219. The first-order valence-electron chi connectivity index (χ1n) is 8.50. The fourth-order valence-corrected chi connectivity index (χ4v) is 3.05. The van der Waals surface area contributed by atoms with Crippen molar-refractivity contribution in [1.29, 1.82) is 0 Å². The topological polar surface area (TPSA) is 84.2 Å². The van der Waals surface area contributed by atoms with E-state index in [0.29, 0.717) is 17.3 Å². The number of hydrogen-bond acceptors (Lipinski definition) is 3. The molecule has 2 aliphatic carbocycles. The van der Waals surface area contributed by atoms with E-state index in [0.717, 1.165) is 50.5 Å². The van der Waals surface area contributed by atoms with Gasteiger partial charge in [-0.3, -0.25) is 9.59 Å². The van der Waals surface area contributed by atoms with E-state index in [1.54, 1.807) is 12.1 Å². The zero-order valence-electron chi connectivity index (χ0n) is 14.1. The van der Waals surface area contributed by atoms with E-state index in [2.05, 4.69) is 10.6 Å². The Labute approximate surface area is 149 Å². The van der Waals surface area contributed by atoms with Crippen LogP contribution in [0, 0.1) is 6.92 Å². The maximum atomic E-state index is 12.6. The zero-order chi connectivity index (χ0) is 16.4. The summed E-state index contributed by atoms with van der Waals surface area (Å²) in [6, 6.07) is 5.72. The van der Waals surface area contributed by atoms with E-state index in [-0.39, 0.29) is 24.2 Å². The van der Waals surface area contributed by atoms with Crippen LogP contribution in [-0.4, -0.2) is 23.4 Å². The number of halogens is 1. The van der Waals surface area contributed by atoms with Gasteiger partial charge in [-0.1, -0.05) is 25.3 Å². The molecule has 2 saturated carbocycles. The van der Waals surface area contributed by atoms with Gasteiger partial charge in [0.05, 0.1) is 5.54 Å². The summed E-state index contributed by atoms with van der Waals surface area (Å²) >= 11 is 0. The van der Waals surface area contributed by atoms with Crippen LogP contribution in [0.15, 0.2) is 18.2 Å². The van der Waals surface area contributed by atoms with Crippen LogP contribution in [0.5, 0.6) is 0 Å². The van der Waals surface area contributed by atoms with Crippen molar-refractivity contribution in [1.82, 2.24) is 5.32 Å². The van der Waals surface area contributed by atoms with Gasteiger partial charge in [0.15, 0.2) is 0 Å². The number of carbonyl (C=O) groups is 2. The number of nitrogens with two attached hydrogens (primary N) is 1. The fraction of sp³-hybridized carbons (Fsp3) is 0.556. The monoisotopic (exact) mass is 351 g/mol. The van der Waals surface area contributed by atoms with E-state index < -0.39 is 5.54 Å². The van der Waals surface area contributed by atoms with Crippen molar-refractivity contribution < 1.29 is 9.59 Å². The molecule has 0 unspecified atom stereocenters.